The van der Waals surface area contributed by atoms with Crippen molar-refractivity contribution in [3.63, 3.8) is 0 Å². The number of benzene rings is 1. The van der Waals surface area contributed by atoms with Crippen LogP contribution in [0.5, 0.6) is 0 Å². The van der Waals surface area contributed by atoms with Crippen LogP contribution in [0.15, 0.2) is 42.9 Å². The summed E-state index contributed by atoms with van der Waals surface area (Å²) in [7, 11) is 0. The maximum absolute atomic E-state index is 14.2. The van der Waals surface area contributed by atoms with E-state index in [1.165, 1.54) is 17.4 Å². The molecule has 11 amide bonds. The molecule has 0 bridgehead atoms. The first-order valence-corrected chi connectivity index (χ1v) is 25.6. The smallest absolute Gasteiger partial charge is 0.326 e. The zero-order valence-electron chi connectivity index (χ0n) is 44.5. The van der Waals surface area contributed by atoms with E-state index in [1.54, 1.807) is 52.0 Å². The summed E-state index contributed by atoms with van der Waals surface area (Å²) in [5.41, 5.74) is 23.5. The van der Waals surface area contributed by atoms with Crippen molar-refractivity contribution in [2.24, 2.45) is 34.8 Å². The van der Waals surface area contributed by atoms with Crippen LogP contribution in [-0.4, -0.2) is 163 Å². The first-order chi connectivity index (χ1) is 36.7. The minimum absolute atomic E-state index is 0.0716. The highest BCUT2D eigenvalue weighted by molar-refractivity contribution is 5.99. The number of H-pyrrole nitrogens is 1. The van der Waals surface area contributed by atoms with Crippen molar-refractivity contribution in [3.8, 4) is 0 Å². The van der Waals surface area contributed by atoms with E-state index in [9.17, 15) is 67.7 Å². The first kappa shape index (κ1) is 64.3. The number of aromatic amines is 1. The van der Waals surface area contributed by atoms with E-state index in [0.29, 0.717) is 6.42 Å². The number of aliphatic hydroxyl groups is 1. The van der Waals surface area contributed by atoms with E-state index in [0.717, 1.165) is 12.5 Å². The number of hydrogen-bond donors (Lipinski definition) is 14. The fourth-order valence-corrected chi connectivity index (χ4v) is 8.44. The van der Waals surface area contributed by atoms with E-state index in [1.807, 2.05) is 6.07 Å². The molecule has 3 rings (SSSR count). The first-order valence-electron chi connectivity index (χ1n) is 25.6. The molecule has 28 heteroatoms. The molecule has 28 nitrogen and oxygen atoms in total. The Kier molecular flexibility index (Phi) is 25.8. The molecule has 1 aromatic heterocycles. The third kappa shape index (κ3) is 21.2. The molecule has 0 radical (unpaired) electrons. The van der Waals surface area contributed by atoms with Crippen molar-refractivity contribution < 1.29 is 67.7 Å². The number of carbonyl (C=O) groups excluding carboxylic acids is 11. The largest absolute Gasteiger partial charge is 0.480 e. The molecule has 1 aliphatic rings. The third-order valence-electron chi connectivity index (χ3n) is 12.6. The number of nitrogens with one attached hydrogen (secondary N) is 8. The van der Waals surface area contributed by atoms with Crippen LogP contribution in [0.1, 0.15) is 104 Å². The highest BCUT2D eigenvalue weighted by Crippen LogP contribution is 2.20. The van der Waals surface area contributed by atoms with E-state index in [2.05, 4.69) is 47.2 Å². The van der Waals surface area contributed by atoms with Crippen LogP contribution in [0.25, 0.3) is 0 Å². The summed E-state index contributed by atoms with van der Waals surface area (Å²) in [5.74, 6) is -12.2. The number of aromatic nitrogens is 2. The Labute approximate surface area is 450 Å². The second-order valence-corrected chi connectivity index (χ2v) is 20.0. The molecule has 78 heavy (non-hydrogen) atoms. The topological polar surface area (TPSA) is 466 Å². The van der Waals surface area contributed by atoms with Crippen LogP contribution in [0.3, 0.4) is 0 Å². The van der Waals surface area contributed by atoms with Crippen molar-refractivity contribution in [2.75, 3.05) is 6.54 Å². The Hall–Kier alpha value is -8.01. The minimum Gasteiger partial charge on any atom is -0.480 e. The molecule has 0 aliphatic carbocycles. The Morgan fingerprint density at radius 2 is 1.12 bits per heavy atom. The summed E-state index contributed by atoms with van der Waals surface area (Å²) >= 11 is 0. The predicted molar refractivity (Wildman–Crippen MR) is 278 cm³/mol. The third-order valence-corrected chi connectivity index (χ3v) is 12.6. The lowest BCUT2D eigenvalue weighted by molar-refractivity contribution is -0.143. The van der Waals surface area contributed by atoms with Crippen molar-refractivity contribution >= 4 is 70.9 Å². The Balaban J connectivity index is 1.87. The summed E-state index contributed by atoms with van der Waals surface area (Å²) in [4.78, 5) is 167. The molecule has 1 saturated heterocycles. The Morgan fingerprint density at radius 3 is 1.60 bits per heavy atom. The van der Waals surface area contributed by atoms with Gasteiger partial charge in [-0.15, -0.1) is 0 Å². The maximum atomic E-state index is 14.2. The van der Waals surface area contributed by atoms with Gasteiger partial charge in [-0.1, -0.05) is 58.0 Å². The van der Waals surface area contributed by atoms with E-state index < -0.39 is 169 Å². The number of carboxylic acid groups (broad SMARTS) is 1. The molecule has 2 heterocycles. The van der Waals surface area contributed by atoms with Gasteiger partial charge in [0.25, 0.3) is 0 Å². The van der Waals surface area contributed by atoms with Crippen molar-refractivity contribution in [3.05, 3.63) is 54.1 Å². The number of nitrogens with two attached hydrogens (primary N) is 4. The van der Waals surface area contributed by atoms with Gasteiger partial charge in [-0.05, 0) is 69.3 Å². The molecule has 1 fully saturated rings. The van der Waals surface area contributed by atoms with Gasteiger partial charge >= 0.3 is 5.97 Å². The summed E-state index contributed by atoms with van der Waals surface area (Å²) in [6.07, 6.45) is -1.26. The normalized spacial score (nSPS) is 16.6. The van der Waals surface area contributed by atoms with Crippen LogP contribution in [0.4, 0.5) is 0 Å². The number of carboxylic acids is 1. The highest BCUT2D eigenvalue weighted by Gasteiger charge is 2.40. The van der Waals surface area contributed by atoms with Crippen LogP contribution in [0.2, 0.25) is 0 Å². The summed E-state index contributed by atoms with van der Waals surface area (Å²) in [5, 5.41) is 37.6. The number of aliphatic hydroxyl groups excluding tert-OH is 1. The fraction of sp³-hybridized carbons (Fsp3) is 0.580. The standard InChI is InChI=1S/C50H76N14O14/c1-25(2)20-35(50(77)78)61-47(74)40(26(3)4)62-44(71)33(15-18-39(54)68)59-48(75)41(27(5)65)63-45(72)34(22-29-23-55-24-56-29)60-43(70)31(13-16-37(52)66)57-42(69)32(14-17-38(53)67)58-46(73)36-12-9-19-64(36)49(76)30(51)21-28-10-7-6-8-11-28/h6-8,10-11,23-27,30-36,40-41,65H,9,12-22,51H2,1-5H3,(H2,52,66)(H2,53,67)(H2,54,68)(H,55,56)(H,57,69)(H,58,73)(H,59,75)(H,60,70)(H,61,74)(H,62,71)(H,63,72)(H,77,78)/t27-,30+,31+,32+,33+,34+,35+,36+,40+,41+/m1/s1. The molecule has 0 unspecified atom stereocenters. The zero-order valence-corrected chi connectivity index (χ0v) is 44.5. The SMILES string of the molecule is CC(C)C[C@H](NC(=O)[C@@H](NC(=O)[C@H](CCC(N)=O)NC(=O)[C@@H](NC(=O)[C@H](Cc1cnc[nH]1)NC(=O)[C@H](CCC(N)=O)NC(=O)[C@H](CCC(N)=O)NC(=O)[C@@H]1CCCN1C(=O)[C@@H](N)Cc1ccccc1)[C@@H](C)O)C(C)C)C(=O)O. The Bertz CT molecular complexity index is 2420. The molecule has 430 valence electrons. The van der Waals surface area contributed by atoms with Gasteiger partial charge in [0.2, 0.25) is 65.0 Å². The van der Waals surface area contributed by atoms with E-state index in [-0.39, 0.29) is 50.3 Å². The van der Waals surface area contributed by atoms with Gasteiger partial charge in [0, 0.05) is 44.1 Å². The maximum Gasteiger partial charge on any atom is 0.326 e. The zero-order chi connectivity index (χ0) is 58.4. The average Bonchev–Trinajstić information content (AvgIpc) is 4.08. The fourth-order valence-electron chi connectivity index (χ4n) is 8.44. The molecule has 1 aliphatic heterocycles. The second kappa shape index (κ2) is 31.3. The highest BCUT2D eigenvalue weighted by atomic mass is 16.4. The quantitative estimate of drug-likeness (QED) is 0.0323. The molecular weight excluding hydrogens is 1020 g/mol. The summed E-state index contributed by atoms with van der Waals surface area (Å²) in [6.45, 7) is 7.94. The van der Waals surface area contributed by atoms with Gasteiger partial charge in [-0.3, -0.25) is 52.7 Å². The van der Waals surface area contributed by atoms with Crippen LogP contribution in [-0.2, 0) is 70.4 Å². The average molecular weight is 1100 g/mol. The molecule has 2 aromatic rings. The van der Waals surface area contributed by atoms with E-state index in [4.69, 9.17) is 22.9 Å². The van der Waals surface area contributed by atoms with Gasteiger partial charge in [0.1, 0.15) is 48.3 Å². The van der Waals surface area contributed by atoms with Gasteiger partial charge in [-0.25, -0.2) is 9.78 Å². The monoisotopic (exact) mass is 1100 g/mol. The van der Waals surface area contributed by atoms with Gasteiger partial charge in [-0.2, -0.15) is 0 Å². The van der Waals surface area contributed by atoms with E-state index >= 15 is 0 Å². The number of imidazole rings is 1. The lowest BCUT2D eigenvalue weighted by Gasteiger charge is -2.29. The number of nitrogens with zero attached hydrogens (tertiary/aromatic N) is 2. The van der Waals surface area contributed by atoms with Crippen LogP contribution < -0.4 is 60.2 Å². The lowest BCUT2D eigenvalue weighted by atomic mass is 9.99. The lowest BCUT2D eigenvalue weighted by Crippen LogP contribution is -2.62. The number of carbonyl (C=O) groups is 12. The van der Waals surface area contributed by atoms with Crippen molar-refractivity contribution in [1.29, 1.82) is 0 Å². The minimum atomic E-state index is -1.88. The summed E-state index contributed by atoms with van der Waals surface area (Å²) < 4.78 is 0. The number of rotatable bonds is 33. The Morgan fingerprint density at radius 1 is 0.641 bits per heavy atom. The van der Waals surface area contributed by atoms with Gasteiger partial charge < -0.3 is 80.2 Å². The number of amides is 11. The molecule has 18 N–H and O–H groups in total. The molecule has 0 saturated carbocycles. The predicted octanol–water partition coefficient (Wildman–Crippen LogP) is -4.13. The van der Waals surface area contributed by atoms with Gasteiger partial charge in [0.15, 0.2) is 0 Å². The van der Waals surface area contributed by atoms with Crippen molar-refractivity contribution in [1.82, 2.24) is 52.1 Å². The molecule has 1 aromatic carbocycles. The second-order valence-electron chi connectivity index (χ2n) is 20.0. The van der Waals surface area contributed by atoms with Crippen molar-refractivity contribution in [2.45, 2.75) is 166 Å². The van der Waals surface area contributed by atoms with Gasteiger partial charge in [0.05, 0.1) is 18.5 Å². The molecule has 10 atom stereocenters. The number of primary amides is 3. The molecular formula is C50H76N14O14. The van der Waals surface area contributed by atoms with Crippen LogP contribution in [0, 0.1) is 11.8 Å². The number of hydrogen-bond acceptors (Lipinski definition) is 15. The van der Waals surface area contributed by atoms with Crippen LogP contribution >= 0.6 is 0 Å². The summed E-state index contributed by atoms with van der Waals surface area (Å²) in [6, 6.07) is -4.09. The molecule has 0 spiro atoms. The number of aliphatic carboxylic acids is 1. The number of likely N-dealkylation sites (tertiary alicyclic amines) is 1.